The minimum absolute atomic E-state index is 0.0171. The van der Waals surface area contributed by atoms with Gasteiger partial charge in [0.05, 0.1) is 36.2 Å². The number of ether oxygens (including phenoxy) is 1. The topological polar surface area (TPSA) is 77.3 Å². The zero-order valence-electron chi connectivity index (χ0n) is 16.3. The van der Waals surface area contributed by atoms with Gasteiger partial charge in [-0.25, -0.2) is 14.4 Å². The summed E-state index contributed by atoms with van der Waals surface area (Å²) in [4.78, 5) is 20.7. The van der Waals surface area contributed by atoms with Crippen LogP contribution in [0.15, 0.2) is 40.9 Å². The molecule has 0 bridgehead atoms. The first-order valence-corrected chi connectivity index (χ1v) is 9.44. The van der Waals surface area contributed by atoms with Crippen LogP contribution in [0, 0.1) is 5.82 Å². The summed E-state index contributed by atoms with van der Waals surface area (Å²) >= 11 is 0. The lowest BCUT2D eigenvalue weighted by molar-refractivity contribution is -0.137. The first-order chi connectivity index (χ1) is 14.8. The summed E-state index contributed by atoms with van der Waals surface area (Å²) < 4.78 is 63.8. The number of nitrogens with one attached hydrogen (secondary N) is 1. The molecule has 2 heterocycles. The van der Waals surface area contributed by atoms with Gasteiger partial charge in [0, 0.05) is 11.6 Å². The summed E-state index contributed by atoms with van der Waals surface area (Å²) in [5.74, 6) is -0.759. The zero-order chi connectivity index (χ0) is 22.2. The molecule has 6 nitrogen and oxygen atoms in total. The van der Waals surface area contributed by atoms with E-state index in [4.69, 9.17) is 9.15 Å². The number of carbonyl (C=O) groups excluding carboxylic acids is 1. The van der Waals surface area contributed by atoms with Gasteiger partial charge in [0.25, 0.3) is 5.91 Å². The summed E-state index contributed by atoms with van der Waals surface area (Å²) in [6.07, 6.45) is -1.81. The third kappa shape index (κ3) is 4.23. The fourth-order valence-corrected chi connectivity index (χ4v) is 3.45. The number of hydrogen-bond donors (Lipinski definition) is 1. The van der Waals surface area contributed by atoms with Gasteiger partial charge in [-0.2, -0.15) is 13.2 Å². The van der Waals surface area contributed by atoms with Gasteiger partial charge in [0.1, 0.15) is 5.76 Å². The molecule has 1 unspecified atom stereocenters. The number of rotatable bonds is 4. The molecule has 1 atom stereocenters. The third-order valence-electron chi connectivity index (χ3n) is 4.98. The lowest BCUT2D eigenvalue weighted by atomic mass is 9.96. The molecular formula is C21H17F4N3O3. The molecule has 0 fully saturated rings. The van der Waals surface area contributed by atoms with E-state index in [1.165, 1.54) is 25.3 Å². The predicted octanol–water partition coefficient (Wildman–Crippen LogP) is 4.71. The number of benzene rings is 1. The maximum atomic E-state index is 14.2. The largest absolute Gasteiger partial charge is 0.481 e. The lowest BCUT2D eigenvalue weighted by Gasteiger charge is -2.21. The molecule has 2 aromatic heterocycles. The van der Waals surface area contributed by atoms with Crippen LogP contribution >= 0.6 is 0 Å². The lowest BCUT2D eigenvalue weighted by Crippen LogP contribution is -2.30. The van der Waals surface area contributed by atoms with Crippen LogP contribution < -0.4 is 10.1 Å². The number of nitrogens with zero attached hydrogens (tertiary/aromatic N) is 2. The Labute approximate surface area is 174 Å². The molecule has 1 aromatic carbocycles. The summed E-state index contributed by atoms with van der Waals surface area (Å²) in [5.41, 5.74) is -0.407. The van der Waals surface area contributed by atoms with E-state index < -0.39 is 29.5 Å². The van der Waals surface area contributed by atoms with Crippen molar-refractivity contribution >= 4 is 5.91 Å². The Morgan fingerprint density at radius 3 is 2.84 bits per heavy atom. The molecule has 3 aromatic rings. The normalized spacial score (nSPS) is 16.0. The Hall–Kier alpha value is -3.43. The van der Waals surface area contributed by atoms with E-state index in [0.717, 1.165) is 18.3 Å². The number of halogens is 4. The molecule has 1 amide bonds. The zero-order valence-corrected chi connectivity index (χ0v) is 16.3. The average molecular weight is 435 g/mol. The minimum Gasteiger partial charge on any atom is -0.481 e. The molecule has 162 valence electrons. The van der Waals surface area contributed by atoms with Crippen LogP contribution in [0.25, 0.3) is 11.5 Å². The molecule has 0 saturated carbocycles. The Morgan fingerprint density at radius 2 is 2.10 bits per heavy atom. The number of fused-ring (bicyclic) bond motifs is 1. The number of pyridine rings is 1. The fraction of sp³-hybridized carbons (Fsp3) is 0.286. The number of hydrogen-bond acceptors (Lipinski definition) is 5. The number of carbonyl (C=O) groups is 1. The molecule has 4 rings (SSSR count). The number of oxazole rings is 1. The van der Waals surface area contributed by atoms with Crippen molar-refractivity contribution in [2.45, 2.75) is 31.5 Å². The van der Waals surface area contributed by atoms with E-state index in [1.54, 1.807) is 0 Å². The molecule has 1 aliphatic carbocycles. The van der Waals surface area contributed by atoms with Crippen LogP contribution in [-0.2, 0) is 12.6 Å². The number of aromatic nitrogens is 2. The molecular weight excluding hydrogens is 418 g/mol. The molecule has 10 heteroatoms. The maximum absolute atomic E-state index is 14.2. The number of amides is 1. The highest BCUT2D eigenvalue weighted by Crippen LogP contribution is 2.35. The Kier molecular flexibility index (Phi) is 5.38. The van der Waals surface area contributed by atoms with Gasteiger partial charge in [-0.1, -0.05) is 6.07 Å². The molecule has 1 N–H and O–H groups in total. The van der Waals surface area contributed by atoms with Crippen LogP contribution in [0.4, 0.5) is 17.6 Å². The van der Waals surface area contributed by atoms with Crippen molar-refractivity contribution in [1.82, 2.24) is 15.3 Å². The van der Waals surface area contributed by atoms with Crippen LogP contribution in [0.5, 0.6) is 5.88 Å². The Morgan fingerprint density at radius 1 is 1.29 bits per heavy atom. The Balaban J connectivity index is 1.60. The van der Waals surface area contributed by atoms with Crippen LogP contribution in [0.3, 0.4) is 0 Å². The van der Waals surface area contributed by atoms with E-state index in [1.807, 2.05) is 0 Å². The highest BCUT2D eigenvalue weighted by molar-refractivity contribution is 5.94. The monoisotopic (exact) mass is 435 g/mol. The average Bonchev–Trinajstić information content (AvgIpc) is 3.19. The summed E-state index contributed by atoms with van der Waals surface area (Å²) in [6, 6.07) is 4.93. The van der Waals surface area contributed by atoms with Crippen LogP contribution in [-0.4, -0.2) is 23.0 Å². The first-order valence-electron chi connectivity index (χ1n) is 9.44. The third-order valence-corrected chi connectivity index (χ3v) is 4.98. The highest BCUT2D eigenvalue weighted by atomic mass is 19.4. The van der Waals surface area contributed by atoms with Crippen molar-refractivity contribution in [2.75, 3.05) is 7.11 Å². The van der Waals surface area contributed by atoms with Gasteiger partial charge in [0.15, 0.2) is 5.82 Å². The van der Waals surface area contributed by atoms with Crippen molar-refractivity contribution in [3.8, 4) is 17.3 Å². The van der Waals surface area contributed by atoms with Gasteiger partial charge >= 0.3 is 6.18 Å². The van der Waals surface area contributed by atoms with Crippen molar-refractivity contribution in [3.05, 3.63) is 64.9 Å². The molecule has 1 aliphatic rings. The van der Waals surface area contributed by atoms with Crippen molar-refractivity contribution in [3.63, 3.8) is 0 Å². The van der Waals surface area contributed by atoms with Gasteiger partial charge in [-0.3, -0.25) is 4.79 Å². The SMILES string of the molecule is COc1cc(-c2nc3c(o2)C(NC(=O)c2cccc(C(F)(F)F)c2)CCC3)c(F)cn1. The number of methoxy groups -OCH3 is 1. The molecule has 0 radical (unpaired) electrons. The molecule has 31 heavy (non-hydrogen) atoms. The second-order valence-electron chi connectivity index (χ2n) is 7.03. The second-order valence-corrected chi connectivity index (χ2v) is 7.03. The molecule has 0 saturated heterocycles. The van der Waals surface area contributed by atoms with E-state index in [9.17, 15) is 22.4 Å². The molecule has 0 spiro atoms. The van der Waals surface area contributed by atoms with Crippen LogP contribution in [0.1, 0.15) is 46.3 Å². The standard InChI is InChI=1S/C21H17F4N3O3/c1-30-17-9-13(14(22)10-26-17)20-28-16-7-3-6-15(18(16)31-20)27-19(29)11-4-2-5-12(8-11)21(23,24)25/h2,4-5,8-10,15H,3,6-7H2,1H3,(H,27,29). The van der Waals surface area contributed by atoms with E-state index in [2.05, 4.69) is 15.3 Å². The summed E-state index contributed by atoms with van der Waals surface area (Å²) in [7, 11) is 1.39. The number of aryl methyl sites for hydroxylation is 1. The van der Waals surface area contributed by atoms with Crippen molar-refractivity contribution in [1.29, 1.82) is 0 Å². The van der Waals surface area contributed by atoms with Gasteiger partial charge in [0.2, 0.25) is 11.8 Å². The minimum atomic E-state index is -4.55. The second kappa shape index (κ2) is 8.01. The highest BCUT2D eigenvalue weighted by Gasteiger charge is 2.32. The van der Waals surface area contributed by atoms with Crippen molar-refractivity contribution in [2.24, 2.45) is 0 Å². The first kappa shape index (κ1) is 20.8. The van der Waals surface area contributed by atoms with Crippen molar-refractivity contribution < 1.29 is 31.5 Å². The van der Waals surface area contributed by atoms with E-state index in [0.29, 0.717) is 30.7 Å². The van der Waals surface area contributed by atoms with Crippen LogP contribution in [0.2, 0.25) is 0 Å². The van der Waals surface area contributed by atoms with Gasteiger partial charge in [-0.05, 0) is 37.5 Å². The molecule has 0 aliphatic heterocycles. The maximum Gasteiger partial charge on any atom is 0.416 e. The quantitative estimate of drug-likeness (QED) is 0.601. The van der Waals surface area contributed by atoms with E-state index >= 15 is 0 Å². The smallest absolute Gasteiger partial charge is 0.416 e. The van der Waals surface area contributed by atoms with Gasteiger partial charge in [-0.15, -0.1) is 0 Å². The summed E-state index contributed by atoms with van der Waals surface area (Å²) in [5, 5.41) is 2.70. The predicted molar refractivity (Wildman–Crippen MR) is 101 cm³/mol. The fourth-order valence-electron chi connectivity index (χ4n) is 3.45. The Bertz CT molecular complexity index is 1130. The number of alkyl halides is 3. The van der Waals surface area contributed by atoms with Gasteiger partial charge < -0.3 is 14.5 Å². The van der Waals surface area contributed by atoms with E-state index in [-0.39, 0.29) is 22.9 Å². The summed E-state index contributed by atoms with van der Waals surface area (Å²) in [6.45, 7) is 0.